The van der Waals surface area contributed by atoms with Gasteiger partial charge in [-0.2, -0.15) is 8.78 Å². The van der Waals surface area contributed by atoms with E-state index in [9.17, 15) is 17.6 Å². The first kappa shape index (κ1) is 31.2. The average Bonchev–Trinajstić information content (AvgIpc) is 3.02. The first-order valence-corrected chi connectivity index (χ1v) is 16.2. The fourth-order valence-corrected chi connectivity index (χ4v) is 7.80. The topological polar surface area (TPSA) is 27.7 Å². The summed E-state index contributed by atoms with van der Waals surface area (Å²) in [6, 6.07) is 6.52. The summed E-state index contributed by atoms with van der Waals surface area (Å²) in [4.78, 5) is 0. The Kier molecular flexibility index (Phi) is 10.7. The predicted molar refractivity (Wildman–Crippen MR) is 156 cm³/mol. The zero-order valence-electron chi connectivity index (χ0n) is 25.1. The lowest BCUT2D eigenvalue weighted by atomic mass is 9.69. The summed E-state index contributed by atoms with van der Waals surface area (Å²) in [5.41, 5.74) is 0.969. The van der Waals surface area contributed by atoms with E-state index in [4.69, 9.17) is 14.2 Å². The molecular weight excluding hydrogens is 544 g/mol. The summed E-state index contributed by atoms with van der Waals surface area (Å²) in [6.07, 6.45) is 12.4. The lowest BCUT2D eigenvalue weighted by molar-refractivity contribution is -0.0149. The monoisotopic (exact) mass is 590 g/mol. The SMILES string of the molecule is CCOc1ccc(C2CCC(COC3CCC(C4CCC(c5ccc(OCC)c(F)c5F)CC4)CC3)CC2)c(F)c1F. The number of benzene rings is 2. The smallest absolute Gasteiger partial charge is 0.200 e. The maximum Gasteiger partial charge on any atom is 0.200 e. The molecule has 0 aliphatic heterocycles. The maximum atomic E-state index is 14.7. The summed E-state index contributed by atoms with van der Waals surface area (Å²) in [5, 5.41) is 0. The van der Waals surface area contributed by atoms with Gasteiger partial charge < -0.3 is 14.2 Å². The predicted octanol–water partition coefficient (Wildman–Crippen LogP) is 9.86. The Morgan fingerprint density at radius 1 is 0.548 bits per heavy atom. The van der Waals surface area contributed by atoms with Crippen LogP contribution in [0.25, 0.3) is 0 Å². The fourth-order valence-electron chi connectivity index (χ4n) is 7.80. The van der Waals surface area contributed by atoms with E-state index in [-0.39, 0.29) is 23.3 Å². The van der Waals surface area contributed by atoms with Crippen LogP contribution >= 0.6 is 0 Å². The maximum absolute atomic E-state index is 14.7. The van der Waals surface area contributed by atoms with Crippen molar-refractivity contribution in [3.05, 3.63) is 58.7 Å². The Balaban J connectivity index is 1.01. The van der Waals surface area contributed by atoms with Crippen LogP contribution in [-0.4, -0.2) is 25.9 Å². The van der Waals surface area contributed by atoms with Crippen molar-refractivity contribution in [3.63, 3.8) is 0 Å². The van der Waals surface area contributed by atoms with E-state index in [0.717, 1.165) is 70.8 Å². The second kappa shape index (κ2) is 14.5. The quantitative estimate of drug-likeness (QED) is 0.258. The molecule has 0 atom stereocenters. The van der Waals surface area contributed by atoms with Crippen LogP contribution in [0.3, 0.4) is 0 Å². The van der Waals surface area contributed by atoms with E-state index in [0.29, 0.717) is 48.2 Å². The van der Waals surface area contributed by atoms with Crippen molar-refractivity contribution >= 4 is 0 Å². The molecule has 0 unspecified atom stereocenters. The molecule has 2 aromatic carbocycles. The van der Waals surface area contributed by atoms with Crippen LogP contribution in [0.5, 0.6) is 11.5 Å². The standard InChI is InChI=1S/C35H46F4O3/c1-3-40-30-19-17-28(32(36)34(30)38)25-7-5-22(6-8-25)21-42-27-15-13-24(14-16-27)23-9-11-26(12-10-23)29-18-20-31(41-4-2)35(39)33(29)37/h17-20,22-27H,3-16,21H2,1-2H3. The van der Waals surface area contributed by atoms with Crippen LogP contribution in [0.2, 0.25) is 0 Å². The number of halogens is 4. The Hall–Kier alpha value is -2.28. The molecule has 7 heteroatoms. The molecule has 42 heavy (non-hydrogen) atoms. The van der Waals surface area contributed by atoms with Gasteiger partial charge in [0.25, 0.3) is 0 Å². The molecule has 0 N–H and O–H groups in total. The van der Waals surface area contributed by atoms with E-state index in [1.165, 1.54) is 12.8 Å². The molecular formula is C35H46F4O3. The van der Waals surface area contributed by atoms with Crippen molar-refractivity contribution in [2.75, 3.05) is 19.8 Å². The first-order chi connectivity index (χ1) is 20.4. The summed E-state index contributed by atoms with van der Waals surface area (Å²) >= 11 is 0. The van der Waals surface area contributed by atoms with Gasteiger partial charge in [-0.15, -0.1) is 0 Å². The first-order valence-electron chi connectivity index (χ1n) is 16.2. The van der Waals surface area contributed by atoms with Crippen LogP contribution in [0, 0.1) is 41.0 Å². The fraction of sp³-hybridized carbons (Fsp3) is 0.657. The molecule has 0 heterocycles. The largest absolute Gasteiger partial charge is 0.491 e. The van der Waals surface area contributed by atoms with E-state index >= 15 is 0 Å². The normalized spacial score (nSPS) is 28.4. The molecule has 3 fully saturated rings. The third-order valence-electron chi connectivity index (χ3n) is 10.2. The minimum Gasteiger partial charge on any atom is -0.491 e. The highest BCUT2D eigenvalue weighted by Gasteiger charge is 2.34. The van der Waals surface area contributed by atoms with Crippen LogP contribution in [0.4, 0.5) is 17.6 Å². The molecule has 0 radical (unpaired) electrons. The Bertz CT molecular complexity index is 1160. The Morgan fingerprint density at radius 2 is 0.976 bits per heavy atom. The molecule has 5 rings (SSSR count). The second-order valence-corrected chi connectivity index (χ2v) is 12.6. The van der Waals surface area contributed by atoms with Gasteiger partial charge in [0.15, 0.2) is 23.1 Å². The molecule has 2 aromatic rings. The molecule has 0 amide bonds. The van der Waals surface area contributed by atoms with Crippen LogP contribution < -0.4 is 9.47 Å². The van der Waals surface area contributed by atoms with Crippen LogP contribution in [0.15, 0.2) is 24.3 Å². The van der Waals surface area contributed by atoms with Crippen LogP contribution in [0.1, 0.15) is 114 Å². The average molecular weight is 591 g/mol. The third-order valence-corrected chi connectivity index (χ3v) is 10.2. The van der Waals surface area contributed by atoms with Gasteiger partial charge in [-0.05, 0) is 144 Å². The van der Waals surface area contributed by atoms with Gasteiger partial charge in [-0.25, -0.2) is 8.78 Å². The summed E-state index contributed by atoms with van der Waals surface area (Å²) in [7, 11) is 0. The molecule has 232 valence electrons. The van der Waals surface area contributed by atoms with E-state index < -0.39 is 23.3 Å². The number of hydrogen-bond donors (Lipinski definition) is 0. The van der Waals surface area contributed by atoms with Crippen molar-refractivity contribution in [2.45, 2.75) is 109 Å². The molecule has 0 aromatic heterocycles. The van der Waals surface area contributed by atoms with Gasteiger partial charge in [0.05, 0.1) is 19.3 Å². The van der Waals surface area contributed by atoms with Gasteiger partial charge in [-0.1, -0.05) is 12.1 Å². The summed E-state index contributed by atoms with van der Waals surface area (Å²) in [5.74, 6) is -1.33. The number of ether oxygens (including phenoxy) is 3. The van der Waals surface area contributed by atoms with E-state index in [2.05, 4.69) is 0 Å². The van der Waals surface area contributed by atoms with Crippen LogP contribution in [-0.2, 0) is 4.74 Å². The van der Waals surface area contributed by atoms with Gasteiger partial charge in [0, 0.05) is 6.61 Å². The molecule has 3 aliphatic carbocycles. The molecule has 0 spiro atoms. The Morgan fingerprint density at radius 3 is 1.43 bits per heavy atom. The summed E-state index contributed by atoms with van der Waals surface area (Å²) in [6.45, 7) is 4.88. The molecule has 3 aliphatic rings. The minimum atomic E-state index is -0.875. The number of rotatable bonds is 10. The van der Waals surface area contributed by atoms with Crippen molar-refractivity contribution in [2.24, 2.45) is 17.8 Å². The van der Waals surface area contributed by atoms with Crippen molar-refractivity contribution in [1.82, 2.24) is 0 Å². The van der Waals surface area contributed by atoms with Crippen molar-refractivity contribution in [1.29, 1.82) is 0 Å². The Labute approximate surface area is 248 Å². The van der Waals surface area contributed by atoms with Gasteiger partial charge in [-0.3, -0.25) is 0 Å². The van der Waals surface area contributed by atoms with Gasteiger partial charge in [0.2, 0.25) is 11.6 Å². The lowest BCUT2D eigenvalue weighted by Gasteiger charge is -2.38. The van der Waals surface area contributed by atoms with Gasteiger partial charge in [0.1, 0.15) is 0 Å². The third kappa shape index (κ3) is 7.09. The number of hydrogen-bond acceptors (Lipinski definition) is 3. The zero-order chi connectivity index (χ0) is 29.6. The highest BCUT2D eigenvalue weighted by Crippen LogP contribution is 2.45. The lowest BCUT2D eigenvalue weighted by Crippen LogP contribution is -2.30. The minimum absolute atomic E-state index is 0.00454. The second-order valence-electron chi connectivity index (χ2n) is 12.6. The van der Waals surface area contributed by atoms with Gasteiger partial charge >= 0.3 is 0 Å². The zero-order valence-corrected chi connectivity index (χ0v) is 25.1. The van der Waals surface area contributed by atoms with Crippen molar-refractivity contribution in [3.8, 4) is 11.5 Å². The summed E-state index contributed by atoms with van der Waals surface area (Å²) < 4.78 is 74.9. The van der Waals surface area contributed by atoms with Crippen molar-refractivity contribution < 1.29 is 31.8 Å². The van der Waals surface area contributed by atoms with E-state index in [1.54, 1.807) is 38.1 Å². The molecule has 3 nitrogen and oxygen atoms in total. The molecule has 0 bridgehead atoms. The molecule has 0 saturated heterocycles. The highest BCUT2D eigenvalue weighted by molar-refractivity contribution is 5.34. The highest BCUT2D eigenvalue weighted by atomic mass is 19.2. The van der Waals surface area contributed by atoms with E-state index in [1.807, 2.05) is 0 Å². The molecule has 3 saturated carbocycles.